The highest BCUT2D eigenvalue weighted by atomic mass is 16.5. The minimum Gasteiger partial charge on any atom is -0.338 e. The second-order valence-electron chi connectivity index (χ2n) is 7.29. The maximum Gasteiger partial charge on any atom is 0.243 e. The Balaban J connectivity index is 1.51. The van der Waals surface area contributed by atoms with Gasteiger partial charge < -0.3 is 4.52 Å². The van der Waals surface area contributed by atoms with Gasteiger partial charge in [-0.3, -0.25) is 9.80 Å². The van der Waals surface area contributed by atoms with E-state index in [9.17, 15) is 0 Å². The van der Waals surface area contributed by atoms with Crippen molar-refractivity contribution in [2.75, 3.05) is 26.2 Å². The Morgan fingerprint density at radius 3 is 2.28 bits per heavy atom. The maximum atomic E-state index is 5.41. The van der Waals surface area contributed by atoms with Gasteiger partial charge in [0.1, 0.15) is 0 Å². The summed E-state index contributed by atoms with van der Waals surface area (Å²) >= 11 is 0. The molecule has 3 rings (SSSR count). The molecule has 1 unspecified atom stereocenters. The predicted molar refractivity (Wildman–Crippen MR) is 99.5 cm³/mol. The lowest BCUT2D eigenvalue weighted by atomic mass is 10.0. The average Bonchev–Trinajstić information content (AvgIpc) is 3.11. The largest absolute Gasteiger partial charge is 0.338 e. The Morgan fingerprint density at radius 2 is 1.72 bits per heavy atom. The Hall–Kier alpha value is -1.72. The third kappa shape index (κ3) is 4.47. The fourth-order valence-corrected chi connectivity index (χ4v) is 3.31. The van der Waals surface area contributed by atoms with Crippen molar-refractivity contribution in [2.24, 2.45) is 0 Å². The molecular formula is C20H30N4O. The van der Waals surface area contributed by atoms with Crippen LogP contribution in [0.15, 0.2) is 28.8 Å². The fraction of sp³-hybridized carbons (Fsp3) is 0.600. The van der Waals surface area contributed by atoms with Crippen LogP contribution in [0.4, 0.5) is 0 Å². The highest BCUT2D eigenvalue weighted by Crippen LogP contribution is 2.21. The third-order valence-corrected chi connectivity index (χ3v) is 5.16. The molecular weight excluding hydrogens is 312 g/mol. The minimum atomic E-state index is 0.195. The molecule has 0 aliphatic carbocycles. The molecule has 1 atom stereocenters. The normalized spacial score (nSPS) is 18.0. The molecule has 1 saturated heterocycles. The summed E-state index contributed by atoms with van der Waals surface area (Å²) in [6.45, 7) is 13.9. The van der Waals surface area contributed by atoms with E-state index >= 15 is 0 Å². The smallest absolute Gasteiger partial charge is 0.243 e. The summed E-state index contributed by atoms with van der Waals surface area (Å²) < 4.78 is 5.41. The van der Waals surface area contributed by atoms with Gasteiger partial charge in [0, 0.05) is 39.1 Å². The molecule has 1 fully saturated rings. The molecule has 0 amide bonds. The molecule has 5 heteroatoms. The van der Waals surface area contributed by atoms with Crippen LogP contribution in [0.1, 0.15) is 62.5 Å². The second-order valence-corrected chi connectivity index (χ2v) is 7.29. The molecule has 136 valence electrons. The van der Waals surface area contributed by atoms with Gasteiger partial charge in [-0.15, -0.1) is 0 Å². The number of hydrogen-bond acceptors (Lipinski definition) is 5. The van der Waals surface area contributed by atoms with Crippen LogP contribution >= 0.6 is 0 Å². The molecule has 2 heterocycles. The van der Waals surface area contributed by atoms with Crippen LogP contribution in [-0.2, 0) is 13.0 Å². The number of nitrogens with zero attached hydrogens (tertiary/aromatic N) is 4. The number of benzene rings is 1. The van der Waals surface area contributed by atoms with Crippen LogP contribution in [0.2, 0.25) is 0 Å². The van der Waals surface area contributed by atoms with E-state index in [1.165, 1.54) is 11.1 Å². The van der Waals surface area contributed by atoms with Crippen molar-refractivity contribution in [3.05, 3.63) is 47.1 Å². The first-order valence-corrected chi connectivity index (χ1v) is 9.44. The number of piperazine rings is 1. The molecule has 5 nitrogen and oxygen atoms in total. The van der Waals surface area contributed by atoms with E-state index in [0.717, 1.165) is 50.9 Å². The van der Waals surface area contributed by atoms with Crippen LogP contribution in [0.5, 0.6) is 0 Å². The van der Waals surface area contributed by atoms with Crippen molar-refractivity contribution in [3.63, 3.8) is 0 Å². The Labute approximate surface area is 151 Å². The zero-order chi connectivity index (χ0) is 17.8. The number of aryl methyl sites for hydroxylation is 1. The van der Waals surface area contributed by atoms with E-state index < -0.39 is 0 Å². The first kappa shape index (κ1) is 18.1. The minimum absolute atomic E-state index is 0.195. The van der Waals surface area contributed by atoms with Gasteiger partial charge in [-0.2, -0.15) is 4.98 Å². The number of hydrogen-bond donors (Lipinski definition) is 0. The van der Waals surface area contributed by atoms with Crippen molar-refractivity contribution in [3.8, 4) is 0 Å². The number of aromatic nitrogens is 2. The zero-order valence-electron chi connectivity index (χ0n) is 15.9. The first-order valence-electron chi connectivity index (χ1n) is 9.44. The van der Waals surface area contributed by atoms with Gasteiger partial charge in [-0.1, -0.05) is 50.2 Å². The van der Waals surface area contributed by atoms with Gasteiger partial charge in [-0.05, 0) is 24.0 Å². The van der Waals surface area contributed by atoms with Crippen molar-refractivity contribution in [1.29, 1.82) is 0 Å². The van der Waals surface area contributed by atoms with Gasteiger partial charge in [0.2, 0.25) is 5.89 Å². The lowest BCUT2D eigenvalue weighted by Gasteiger charge is -2.36. The lowest BCUT2D eigenvalue weighted by molar-refractivity contribution is 0.0845. The van der Waals surface area contributed by atoms with Gasteiger partial charge >= 0.3 is 0 Å². The summed E-state index contributed by atoms with van der Waals surface area (Å²) in [4.78, 5) is 9.44. The molecule has 0 bridgehead atoms. The maximum absolute atomic E-state index is 5.41. The van der Waals surface area contributed by atoms with Crippen LogP contribution < -0.4 is 0 Å². The van der Waals surface area contributed by atoms with E-state index in [0.29, 0.717) is 5.92 Å². The summed E-state index contributed by atoms with van der Waals surface area (Å²) in [6, 6.07) is 9.27. The molecule has 1 aliphatic rings. The molecule has 1 aromatic carbocycles. The molecule has 0 radical (unpaired) electrons. The highest BCUT2D eigenvalue weighted by Gasteiger charge is 2.25. The Morgan fingerprint density at radius 1 is 1.04 bits per heavy atom. The van der Waals surface area contributed by atoms with Crippen LogP contribution in [0.3, 0.4) is 0 Å². The van der Waals surface area contributed by atoms with E-state index in [4.69, 9.17) is 4.52 Å². The standard InChI is InChI=1S/C20H30N4O/c1-5-19-21-20(25-22-19)16(4)24-12-10-23(11-13-24)14-17-6-8-18(9-7-17)15(2)3/h6-9,15-16H,5,10-14H2,1-4H3. The van der Waals surface area contributed by atoms with Crippen LogP contribution in [0, 0.1) is 0 Å². The van der Waals surface area contributed by atoms with Crippen molar-refractivity contribution >= 4 is 0 Å². The van der Waals surface area contributed by atoms with Crippen molar-refractivity contribution < 1.29 is 4.52 Å². The van der Waals surface area contributed by atoms with E-state index in [1.54, 1.807) is 0 Å². The van der Waals surface area contributed by atoms with Crippen molar-refractivity contribution in [1.82, 2.24) is 19.9 Å². The van der Waals surface area contributed by atoms with E-state index in [2.05, 4.69) is 65.0 Å². The Kier molecular flexibility index (Phi) is 5.86. The third-order valence-electron chi connectivity index (χ3n) is 5.16. The van der Waals surface area contributed by atoms with E-state index in [1.807, 2.05) is 6.92 Å². The van der Waals surface area contributed by atoms with Crippen molar-refractivity contribution in [2.45, 2.75) is 52.6 Å². The highest BCUT2D eigenvalue weighted by molar-refractivity contribution is 5.24. The van der Waals surface area contributed by atoms with Crippen LogP contribution in [-0.4, -0.2) is 46.1 Å². The van der Waals surface area contributed by atoms with Gasteiger partial charge in [0.15, 0.2) is 5.82 Å². The monoisotopic (exact) mass is 342 g/mol. The summed E-state index contributed by atoms with van der Waals surface area (Å²) in [6.07, 6.45) is 0.819. The zero-order valence-corrected chi connectivity index (χ0v) is 15.9. The summed E-state index contributed by atoms with van der Waals surface area (Å²) in [7, 11) is 0. The van der Waals surface area contributed by atoms with Gasteiger partial charge in [-0.25, -0.2) is 0 Å². The summed E-state index contributed by atoms with van der Waals surface area (Å²) in [5, 5.41) is 4.02. The van der Waals surface area contributed by atoms with Gasteiger partial charge in [0.05, 0.1) is 6.04 Å². The molecule has 1 aromatic heterocycles. The lowest BCUT2D eigenvalue weighted by Crippen LogP contribution is -2.46. The molecule has 25 heavy (non-hydrogen) atoms. The number of rotatable bonds is 6. The Bertz CT molecular complexity index is 657. The first-order chi connectivity index (χ1) is 12.1. The van der Waals surface area contributed by atoms with E-state index in [-0.39, 0.29) is 6.04 Å². The SMILES string of the molecule is CCc1noc(C(C)N2CCN(Cc3ccc(C(C)C)cc3)CC2)n1. The average molecular weight is 342 g/mol. The molecule has 2 aromatic rings. The van der Waals surface area contributed by atoms with Crippen LogP contribution in [0.25, 0.3) is 0 Å². The topological polar surface area (TPSA) is 45.4 Å². The quantitative estimate of drug-likeness (QED) is 0.802. The van der Waals surface area contributed by atoms with Gasteiger partial charge in [0.25, 0.3) is 0 Å². The second kappa shape index (κ2) is 8.11. The summed E-state index contributed by atoms with van der Waals surface area (Å²) in [5.74, 6) is 2.14. The molecule has 0 saturated carbocycles. The molecule has 1 aliphatic heterocycles. The molecule has 0 N–H and O–H groups in total. The predicted octanol–water partition coefficient (Wildman–Crippen LogP) is 3.63. The summed E-state index contributed by atoms with van der Waals surface area (Å²) in [5.41, 5.74) is 2.81. The molecule has 0 spiro atoms. The fourth-order valence-electron chi connectivity index (χ4n) is 3.31.